The number of methoxy groups -OCH3 is 2. The van der Waals surface area contributed by atoms with Gasteiger partial charge in [-0.3, -0.25) is 0 Å². The van der Waals surface area contributed by atoms with Crippen molar-refractivity contribution in [3.05, 3.63) is 65.5 Å². The Labute approximate surface area is 177 Å². The second-order valence-electron chi connectivity index (χ2n) is 5.70. The molecule has 0 fully saturated rings. The quantitative estimate of drug-likeness (QED) is 0.337. The fourth-order valence-electron chi connectivity index (χ4n) is 2.45. The third kappa shape index (κ3) is 7.72. The maximum absolute atomic E-state index is 13.1. The van der Waals surface area contributed by atoms with Crippen LogP contribution in [0.2, 0.25) is 0 Å². The first-order valence-electron chi connectivity index (χ1n) is 8.59. The average molecular weight is 487 g/mol. The summed E-state index contributed by atoms with van der Waals surface area (Å²) in [5.41, 5.74) is 2.00. The summed E-state index contributed by atoms with van der Waals surface area (Å²) >= 11 is 0. The summed E-state index contributed by atoms with van der Waals surface area (Å²) in [7, 11) is 3.28. The van der Waals surface area contributed by atoms with Gasteiger partial charge >= 0.3 is 0 Å². The lowest BCUT2D eigenvalue weighted by atomic mass is 10.1. The topological polar surface area (TPSA) is 54.9 Å². The Morgan fingerprint density at radius 1 is 1.04 bits per heavy atom. The van der Waals surface area contributed by atoms with E-state index in [1.54, 1.807) is 26.4 Å². The highest BCUT2D eigenvalue weighted by Gasteiger charge is 2.11. The first kappa shape index (κ1) is 23.2. The molecule has 5 nitrogen and oxygen atoms in total. The normalized spacial score (nSPS) is 12.1. The van der Waals surface area contributed by atoms with Gasteiger partial charge < -0.3 is 20.1 Å². The Hall–Kier alpha value is -1.87. The number of aliphatic imine (C=N–C) groups is 1. The van der Waals surface area contributed by atoms with Crippen LogP contribution >= 0.6 is 24.0 Å². The van der Waals surface area contributed by atoms with Crippen molar-refractivity contribution in [2.75, 3.05) is 27.3 Å². The molecule has 2 rings (SSSR count). The molecule has 0 aromatic heterocycles. The van der Waals surface area contributed by atoms with Gasteiger partial charge in [0.1, 0.15) is 11.6 Å². The molecule has 0 radical (unpaired) electrons. The number of rotatable bonds is 8. The number of halogens is 2. The number of hydrogen-bond acceptors (Lipinski definition) is 3. The van der Waals surface area contributed by atoms with Gasteiger partial charge in [0.25, 0.3) is 0 Å². The van der Waals surface area contributed by atoms with Gasteiger partial charge in [-0.1, -0.05) is 24.3 Å². The molecule has 1 atom stereocenters. The predicted octanol–water partition coefficient (Wildman–Crippen LogP) is 3.90. The summed E-state index contributed by atoms with van der Waals surface area (Å²) < 4.78 is 23.8. The van der Waals surface area contributed by atoms with Crippen LogP contribution in [0.4, 0.5) is 4.39 Å². The molecule has 0 saturated heterocycles. The van der Waals surface area contributed by atoms with E-state index in [0.29, 0.717) is 19.0 Å². The number of nitrogens with one attached hydrogen (secondary N) is 2. The number of guanidine groups is 1. The molecule has 0 aliphatic rings. The highest BCUT2D eigenvalue weighted by molar-refractivity contribution is 14.0. The largest absolute Gasteiger partial charge is 0.497 e. The molecule has 0 saturated carbocycles. The van der Waals surface area contributed by atoms with Crippen LogP contribution < -0.4 is 15.4 Å². The van der Waals surface area contributed by atoms with E-state index in [0.717, 1.165) is 23.4 Å². The minimum atomic E-state index is -0.258. The zero-order chi connectivity index (χ0) is 18.8. The average Bonchev–Trinajstić information content (AvgIpc) is 2.68. The van der Waals surface area contributed by atoms with Crippen molar-refractivity contribution in [1.82, 2.24) is 10.6 Å². The molecule has 0 heterocycles. The third-order valence-electron chi connectivity index (χ3n) is 3.90. The fourth-order valence-corrected chi connectivity index (χ4v) is 2.45. The Morgan fingerprint density at radius 2 is 1.70 bits per heavy atom. The second kappa shape index (κ2) is 12.5. The second-order valence-corrected chi connectivity index (χ2v) is 5.70. The van der Waals surface area contributed by atoms with Crippen molar-refractivity contribution in [3.8, 4) is 5.75 Å². The van der Waals surface area contributed by atoms with Crippen molar-refractivity contribution in [2.24, 2.45) is 4.99 Å². The monoisotopic (exact) mass is 487 g/mol. The number of ether oxygens (including phenoxy) is 2. The number of nitrogens with zero attached hydrogens (tertiary/aromatic N) is 1. The van der Waals surface area contributed by atoms with Crippen LogP contribution in [0.25, 0.3) is 0 Å². The van der Waals surface area contributed by atoms with Gasteiger partial charge in [-0.2, -0.15) is 0 Å². The lowest BCUT2D eigenvalue weighted by molar-refractivity contribution is 0.106. The van der Waals surface area contributed by atoms with Gasteiger partial charge in [-0.05, 0) is 42.3 Å². The Bertz CT molecular complexity index is 693. The summed E-state index contributed by atoms with van der Waals surface area (Å²) in [5.74, 6) is 1.27. The smallest absolute Gasteiger partial charge is 0.191 e. The summed E-state index contributed by atoms with van der Waals surface area (Å²) in [6, 6.07) is 14.1. The Morgan fingerprint density at radius 3 is 2.26 bits per heavy atom. The summed E-state index contributed by atoms with van der Waals surface area (Å²) in [6.45, 7) is 3.84. The van der Waals surface area contributed by atoms with E-state index in [2.05, 4.69) is 15.6 Å². The molecule has 0 spiro atoms. The van der Waals surface area contributed by atoms with Gasteiger partial charge in [0.05, 0.1) is 19.8 Å². The molecule has 0 amide bonds. The van der Waals surface area contributed by atoms with Gasteiger partial charge in [-0.25, -0.2) is 9.38 Å². The van der Waals surface area contributed by atoms with Crippen LogP contribution in [0.1, 0.15) is 24.2 Å². The zero-order valence-electron chi connectivity index (χ0n) is 15.9. The Balaban J connectivity index is 0.00000364. The molecule has 2 aromatic carbocycles. The molecule has 0 aliphatic carbocycles. The summed E-state index contributed by atoms with van der Waals surface area (Å²) in [5, 5.41) is 6.49. The summed E-state index contributed by atoms with van der Waals surface area (Å²) in [6.07, 6.45) is -0.194. The van der Waals surface area contributed by atoms with Gasteiger partial charge in [0.2, 0.25) is 0 Å². The molecule has 1 unspecified atom stereocenters. The third-order valence-corrected chi connectivity index (χ3v) is 3.90. The van der Waals surface area contributed by atoms with Crippen molar-refractivity contribution in [3.63, 3.8) is 0 Å². The lowest BCUT2D eigenvalue weighted by Crippen LogP contribution is -2.39. The predicted molar refractivity (Wildman–Crippen MR) is 117 cm³/mol. The van der Waals surface area contributed by atoms with Crippen molar-refractivity contribution >= 4 is 29.9 Å². The lowest BCUT2D eigenvalue weighted by Gasteiger charge is -2.18. The van der Waals surface area contributed by atoms with E-state index < -0.39 is 0 Å². The van der Waals surface area contributed by atoms with E-state index in [1.165, 1.54) is 12.1 Å². The molecule has 27 heavy (non-hydrogen) atoms. The van der Waals surface area contributed by atoms with Crippen LogP contribution in [0, 0.1) is 5.82 Å². The van der Waals surface area contributed by atoms with Gasteiger partial charge in [0.15, 0.2) is 5.96 Å². The maximum atomic E-state index is 13.1. The van der Waals surface area contributed by atoms with Crippen LogP contribution in [-0.2, 0) is 11.3 Å². The van der Waals surface area contributed by atoms with E-state index in [1.807, 2.05) is 31.2 Å². The van der Waals surface area contributed by atoms with Gasteiger partial charge in [0, 0.05) is 20.2 Å². The standard InChI is InChI=1S/C20H26FN3O2.HI/c1-4-22-20(23-13-15-5-11-18(25-2)12-6-15)24-14-19(26-3)16-7-9-17(21)10-8-16;/h5-12,19H,4,13-14H2,1-3H3,(H2,22,23,24);1H. The van der Waals surface area contributed by atoms with Crippen LogP contribution in [0.5, 0.6) is 5.75 Å². The highest BCUT2D eigenvalue weighted by atomic mass is 127. The minimum absolute atomic E-state index is 0. The van der Waals surface area contributed by atoms with E-state index in [-0.39, 0.29) is 35.9 Å². The highest BCUT2D eigenvalue weighted by Crippen LogP contribution is 2.16. The molecule has 0 aliphatic heterocycles. The Kier molecular flexibility index (Phi) is 10.7. The van der Waals surface area contributed by atoms with Crippen LogP contribution in [-0.4, -0.2) is 33.3 Å². The maximum Gasteiger partial charge on any atom is 0.191 e. The summed E-state index contributed by atoms with van der Waals surface area (Å²) in [4.78, 5) is 4.59. The number of benzene rings is 2. The van der Waals surface area contributed by atoms with Crippen molar-refractivity contribution in [1.29, 1.82) is 0 Å². The molecular formula is C20H27FIN3O2. The van der Waals surface area contributed by atoms with E-state index in [9.17, 15) is 4.39 Å². The van der Waals surface area contributed by atoms with Crippen LogP contribution in [0.15, 0.2) is 53.5 Å². The zero-order valence-corrected chi connectivity index (χ0v) is 18.2. The fraction of sp³-hybridized carbons (Fsp3) is 0.350. The molecule has 2 aromatic rings. The first-order chi connectivity index (χ1) is 12.7. The van der Waals surface area contributed by atoms with Crippen LogP contribution in [0.3, 0.4) is 0 Å². The van der Waals surface area contributed by atoms with Crippen molar-refractivity contribution < 1.29 is 13.9 Å². The SMILES string of the molecule is CCNC(=NCc1ccc(OC)cc1)NCC(OC)c1ccc(F)cc1.I. The molecular weight excluding hydrogens is 460 g/mol. The molecule has 148 valence electrons. The van der Waals surface area contributed by atoms with E-state index in [4.69, 9.17) is 9.47 Å². The molecule has 2 N–H and O–H groups in total. The van der Waals surface area contributed by atoms with E-state index >= 15 is 0 Å². The van der Waals surface area contributed by atoms with Crippen molar-refractivity contribution in [2.45, 2.75) is 19.6 Å². The van der Waals surface area contributed by atoms with Gasteiger partial charge in [-0.15, -0.1) is 24.0 Å². The first-order valence-corrected chi connectivity index (χ1v) is 8.59. The minimum Gasteiger partial charge on any atom is -0.497 e. The number of hydrogen-bond donors (Lipinski definition) is 2. The molecule has 7 heteroatoms. The molecule has 0 bridgehead atoms.